The lowest BCUT2D eigenvalue weighted by Crippen LogP contribution is -2.44. The predicted molar refractivity (Wildman–Crippen MR) is 105 cm³/mol. The van der Waals surface area contributed by atoms with Gasteiger partial charge in [0, 0.05) is 24.2 Å². The van der Waals surface area contributed by atoms with Gasteiger partial charge in [-0.25, -0.2) is 0 Å². The third-order valence-corrected chi connectivity index (χ3v) is 4.89. The molecule has 0 radical (unpaired) electrons. The summed E-state index contributed by atoms with van der Waals surface area (Å²) in [4.78, 5) is 29.9. The number of nitrogens with two attached hydrogens (primary N) is 1. The summed E-state index contributed by atoms with van der Waals surface area (Å²) in [6.45, 7) is 1.05. The molecule has 1 saturated heterocycles. The van der Waals surface area contributed by atoms with Gasteiger partial charge in [-0.2, -0.15) is 0 Å². The van der Waals surface area contributed by atoms with Gasteiger partial charge < -0.3 is 24.5 Å². The van der Waals surface area contributed by atoms with E-state index in [1.165, 1.54) is 12.3 Å². The number of carbonyl (C=O) groups excluding carboxylic acids is 2. The zero-order valence-electron chi connectivity index (χ0n) is 16.0. The van der Waals surface area contributed by atoms with Gasteiger partial charge in [0.2, 0.25) is 0 Å². The van der Waals surface area contributed by atoms with Crippen LogP contribution in [0.4, 0.5) is 0 Å². The highest BCUT2D eigenvalue weighted by Crippen LogP contribution is 2.26. The van der Waals surface area contributed by atoms with Crippen molar-refractivity contribution in [2.75, 3.05) is 20.2 Å². The summed E-state index contributed by atoms with van der Waals surface area (Å²) in [5.74, 6) is 0.701. The minimum atomic E-state index is -0.614. The summed E-state index contributed by atoms with van der Waals surface area (Å²) in [5, 5.41) is 0.813. The smallest absolute Gasteiger partial charge is 0.289 e. The SMILES string of the molecule is COc1ccc2oc(C(=O)N3CCCC(Oc4ccnc(C(N)=O)c4)C3)cc2c1. The third kappa shape index (κ3) is 4.01. The van der Waals surface area contributed by atoms with Crippen molar-refractivity contribution in [1.82, 2.24) is 9.88 Å². The van der Waals surface area contributed by atoms with Crippen LogP contribution in [0, 0.1) is 0 Å². The molecule has 1 aliphatic heterocycles. The molecular weight excluding hydrogens is 374 g/mol. The molecule has 1 aromatic carbocycles. The van der Waals surface area contributed by atoms with Crippen LogP contribution in [0.1, 0.15) is 33.9 Å². The van der Waals surface area contributed by atoms with E-state index in [-0.39, 0.29) is 23.5 Å². The number of aromatic nitrogens is 1. The number of piperidine rings is 1. The Morgan fingerprint density at radius 3 is 2.86 bits per heavy atom. The zero-order valence-corrected chi connectivity index (χ0v) is 16.0. The number of hydrogen-bond donors (Lipinski definition) is 1. The van der Waals surface area contributed by atoms with E-state index < -0.39 is 5.91 Å². The molecule has 2 aromatic heterocycles. The average Bonchev–Trinajstić information content (AvgIpc) is 3.16. The van der Waals surface area contributed by atoms with Crippen LogP contribution in [0.15, 0.2) is 47.0 Å². The van der Waals surface area contributed by atoms with Gasteiger partial charge in [0.15, 0.2) is 5.76 Å². The summed E-state index contributed by atoms with van der Waals surface area (Å²) in [6, 6.07) is 10.3. The van der Waals surface area contributed by atoms with Crippen molar-refractivity contribution in [2.24, 2.45) is 5.73 Å². The summed E-state index contributed by atoms with van der Waals surface area (Å²) in [7, 11) is 1.59. The highest BCUT2D eigenvalue weighted by atomic mass is 16.5. The maximum Gasteiger partial charge on any atom is 0.289 e. The van der Waals surface area contributed by atoms with Crippen molar-refractivity contribution >= 4 is 22.8 Å². The molecule has 0 spiro atoms. The van der Waals surface area contributed by atoms with Gasteiger partial charge in [0.25, 0.3) is 11.8 Å². The standard InChI is InChI=1S/C21H21N3O5/c1-27-14-4-5-18-13(9-14)10-19(29-18)21(26)24-8-2-3-16(12-24)28-15-6-7-23-17(11-15)20(22)25/h4-7,9-11,16H,2-3,8,12H2,1H3,(H2,22,25). The van der Waals surface area contributed by atoms with Crippen LogP contribution in [0.2, 0.25) is 0 Å². The van der Waals surface area contributed by atoms with Gasteiger partial charge in [-0.15, -0.1) is 0 Å². The van der Waals surface area contributed by atoms with Gasteiger partial charge in [-0.1, -0.05) is 0 Å². The maximum absolute atomic E-state index is 12.9. The van der Waals surface area contributed by atoms with E-state index in [0.29, 0.717) is 30.2 Å². The molecule has 8 heteroatoms. The molecule has 0 saturated carbocycles. The summed E-state index contributed by atoms with van der Waals surface area (Å²) >= 11 is 0. The van der Waals surface area contributed by atoms with E-state index in [0.717, 1.165) is 18.2 Å². The van der Waals surface area contributed by atoms with Crippen molar-refractivity contribution in [3.8, 4) is 11.5 Å². The molecule has 1 atom stereocenters. The normalized spacial score (nSPS) is 16.6. The molecular formula is C21H21N3O5. The molecule has 150 valence electrons. The lowest BCUT2D eigenvalue weighted by atomic mass is 10.1. The van der Waals surface area contributed by atoms with E-state index >= 15 is 0 Å². The fourth-order valence-corrected chi connectivity index (χ4v) is 3.44. The minimum absolute atomic E-state index is 0.143. The van der Waals surface area contributed by atoms with Crippen molar-refractivity contribution < 1.29 is 23.5 Å². The lowest BCUT2D eigenvalue weighted by molar-refractivity contribution is 0.0512. The van der Waals surface area contributed by atoms with Crippen LogP contribution in [-0.2, 0) is 0 Å². The number of likely N-dealkylation sites (tertiary alicyclic amines) is 1. The number of pyridine rings is 1. The number of amides is 2. The molecule has 29 heavy (non-hydrogen) atoms. The van der Waals surface area contributed by atoms with E-state index in [1.54, 1.807) is 36.3 Å². The molecule has 1 aliphatic rings. The van der Waals surface area contributed by atoms with Crippen LogP contribution >= 0.6 is 0 Å². The van der Waals surface area contributed by atoms with Crippen LogP contribution in [0.25, 0.3) is 11.0 Å². The molecule has 0 aliphatic carbocycles. The Morgan fingerprint density at radius 1 is 1.21 bits per heavy atom. The number of primary amides is 1. The van der Waals surface area contributed by atoms with Gasteiger partial charge in [0.05, 0.1) is 13.7 Å². The summed E-state index contributed by atoms with van der Waals surface area (Å²) < 4.78 is 16.9. The quantitative estimate of drug-likeness (QED) is 0.711. The first-order chi connectivity index (χ1) is 14.0. The Kier molecular flexibility index (Phi) is 5.07. The number of hydrogen-bond acceptors (Lipinski definition) is 6. The number of benzene rings is 1. The molecule has 8 nitrogen and oxygen atoms in total. The highest BCUT2D eigenvalue weighted by Gasteiger charge is 2.28. The lowest BCUT2D eigenvalue weighted by Gasteiger charge is -2.32. The fourth-order valence-electron chi connectivity index (χ4n) is 3.44. The molecule has 0 bridgehead atoms. The first kappa shape index (κ1) is 18.8. The fraction of sp³-hybridized carbons (Fsp3) is 0.286. The zero-order chi connectivity index (χ0) is 20.4. The van der Waals surface area contributed by atoms with Gasteiger partial charge in [-0.05, 0) is 43.2 Å². The Labute approximate surface area is 167 Å². The van der Waals surface area contributed by atoms with Crippen LogP contribution in [0.5, 0.6) is 11.5 Å². The number of methoxy groups -OCH3 is 1. The Morgan fingerprint density at radius 2 is 2.07 bits per heavy atom. The summed E-state index contributed by atoms with van der Waals surface area (Å²) in [5.41, 5.74) is 6.04. The van der Waals surface area contributed by atoms with Crippen molar-refractivity contribution in [2.45, 2.75) is 18.9 Å². The Hall–Kier alpha value is -3.55. The second-order valence-corrected chi connectivity index (χ2v) is 6.89. The molecule has 1 fully saturated rings. The van der Waals surface area contributed by atoms with Gasteiger partial charge in [0.1, 0.15) is 28.9 Å². The maximum atomic E-state index is 12.9. The number of ether oxygens (including phenoxy) is 2. The van der Waals surface area contributed by atoms with Crippen LogP contribution < -0.4 is 15.2 Å². The van der Waals surface area contributed by atoms with Crippen LogP contribution in [-0.4, -0.2) is 48.0 Å². The first-order valence-electron chi connectivity index (χ1n) is 9.33. The van der Waals surface area contributed by atoms with Gasteiger partial charge >= 0.3 is 0 Å². The Bertz CT molecular complexity index is 1060. The van der Waals surface area contributed by atoms with Crippen LogP contribution in [0.3, 0.4) is 0 Å². The highest BCUT2D eigenvalue weighted by molar-refractivity contribution is 5.96. The average molecular weight is 395 g/mol. The summed E-state index contributed by atoms with van der Waals surface area (Å²) in [6.07, 6.45) is 2.89. The van der Waals surface area contributed by atoms with E-state index in [1.807, 2.05) is 6.07 Å². The molecule has 2 N–H and O–H groups in total. The monoisotopic (exact) mass is 395 g/mol. The predicted octanol–water partition coefficient (Wildman–Crippen LogP) is 2.62. The Balaban J connectivity index is 1.47. The largest absolute Gasteiger partial charge is 0.497 e. The molecule has 4 rings (SSSR count). The van der Waals surface area contributed by atoms with Crippen molar-refractivity contribution in [1.29, 1.82) is 0 Å². The van der Waals surface area contributed by atoms with Crippen molar-refractivity contribution in [3.63, 3.8) is 0 Å². The third-order valence-electron chi connectivity index (χ3n) is 4.89. The first-order valence-corrected chi connectivity index (χ1v) is 9.33. The topological polar surface area (TPSA) is 108 Å². The van der Waals surface area contributed by atoms with Crippen molar-refractivity contribution in [3.05, 3.63) is 54.0 Å². The molecule has 3 aromatic rings. The molecule has 3 heterocycles. The van der Waals surface area contributed by atoms with E-state index in [4.69, 9.17) is 19.6 Å². The molecule has 2 amide bonds. The molecule has 1 unspecified atom stereocenters. The number of rotatable bonds is 5. The van der Waals surface area contributed by atoms with E-state index in [9.17, 15) is 9.59 Å². The number of carbonyl (C=O) groups is 2. The minimum Gasteiger partial charge on any atom is -0.497 e. The second kappa shape index (κ2) is 7.83. The number of furan rings is 1. The van der Waals surface area contributed by atoms with Gasteiger partial charge in [-0.3, -0.25) is 14.6 Å². The second-order valence-electron chi connectivity index (χ2n) is 6.89. The van der Waals surface area contributed by atoms with E-state index in [2.05, 4.69) is 4.98 Å². The number of fused-ring (bicyclic) bond motifs is 1. The number of nitrogens with zero attached hydrogens (tertiary/aromatic N) is 2.